The SMILES string of the molecule is Cc1nn(-c2ccccc2)c(C)c1NC(=O)CCN(C1CC1)C1CCc2ccccc21. The quantitative estimate of drug-likeness (QED) is 0.594. The number of amides is 1. The second-order valence-electron chi connectivity index (χ2n) is 8.81. The molecule has 5 nitrogen and oxygen atoms in total. The standard InChI is InChI=1S/C26H30N4O/c1-18-26(19(2)30(28-18)22-9-4-3-5-10-22)27-25(31)16-17-29(21-13-14-21)24-15-12-20-8-6-7-11-23(20)24/h3-11,21,24H,12-17H2,1-2H3,(H,27,31). The first-order valence-electron chi connectivity index (χ1n) is 11.4. The van der Waals surface area contributed by atoms with Gasteiger partial charge >= 0.3 is 0 Å². The van der Waals surface area contributed by atoms with Crippen molar-refractivity contribution in [1.82, 2.24) is 14.7 Å². The van der Waals surface area contributed by atoms with Crippen LogP contribution in [0, 0.1) is 13.8 Å². The molecule has 2 aliphatic rings. The van der Waals surface area contributed by atoms with Crippen molar-refractivity contribution >= 4 is 11.6 Å². The zero-order valence-corrected chi connectivity index (χ0v) is 18.3. The van der Waals surface area contributed by atoms with Crippen molar-refractivity contribution in [2.75, 3.05) is 11.9 Å². The van der Waals surface area contributed by atoms with Crippen LogP contribution in [0.2, 0.25) is 0 Å². The van der Waals surface area contributed by atoms with Crippen molar-refractivity contribution < 1.29 is 4.79 Å². The Morgan fingerprint density at radius 1 is 1.06 bits per heavy atom. The van der Waals surface area contributed by atoms with Gasteiger partial charge in [0.1, 0.15) is 0 Å². The molecule has 1 aromatic heterocycles. The Morgan fingerprint density at radius 3 is 2.58 bits per heavy atom. The maximum Gasteiger partial charge on any atom is 0.225 e. The number of nitrogens with one attached hydrogen (secondary N) is 1. The third-order valence-electron chi connectivity index (χ3n) is 6.67. The van der Waals surface area contributed by atoms with E-state index in [0.717, 1.165) is 35.7 Å². The molecule has 3 aromatic rings. The average Bonchev–Trinajstić information content (AvgIpc) is 3.48. The zero-order valence-electron chi connectivity index (χ0n) is 18.3. The number of aromatic nitrogens is 2. The van der Waals surface area contributed by atoms with Gasteiger partial charge in [-0.15, -0.1) is 0 Å². The first kappa shape index (κ1) is 20.0. The first-order chi connectivity index (χ1) is 15.1. The van der Waals surface area contributed by atoms with Gasteiger partial charge in [-0.25, -0.2) is 4.68 Å². The van der Waals surface area contributed by atoms with Gasteiger partial charge in [-0.1, -0.05) is 42.5 Å². The Hall–Kier alpha value is -2.92. The minimum absolute atomic E-state index is 0.0655. The topological polar surface area (TPSA) is 50.2 Å². The number of nitrogens with zero attached hydrogens (tertiary/aromatic N) is 3. The third kappa shape index (κ3) is 4.02. The van der Waals surface area contributed by atoms with Crippen LogP contribution in [0.25, 0.3) is 5.69 Å². The van der Waals surface area contributed by atoms with Gasteiger partial charge in [0.2, 0.25) is 5.91 Å². The van der Waals surface area contributed by atoms with Crippen LogP contribution in [0.3, 0.4) is 0 Å². The van der Waals surface area contributed by atoms with E-state index in [4.69, 9.17) is 0 Å². The molecule has 1 atom stereocenters. The van der Waals surface area contributed by atoms with Gasteiger partial charge in [0.05, 0.1) is 22.8 Å². The molecular formula is C26H30N4O. The Morgan fingerprint density at radius 2 is 1.81 bits per heavy atom. The summed E-state index contributed by atoms with van der Waals surface area (Å²) in [5.41, 5.74) is 6.58. The summed E-state index contributed by atoms with van der Waals surface area (Å²) in [4.78, 5) is 15.5. The van der Waals surface area contributed by atoms with E-state index in [-0.39, 0.29) is 5.91 Å². The van der Waals surface area contributed by atoms with Crippen LogP contribution in [0.15, 0.2) is 54.6 Å². The maximum absolute atomic E-state index is 12.9. The minimum Gasteiger partial charge on any atom is -0.323 e. The van der Waals surface area contributed by atoms with E-state index < -0.39 is 0 Å². The molecule has 5 heteroatoms. The molecule has 31 heavy (non-hydrogen) atoms. The molecule has 1 fully saturated rings. The van der Waals surface area contributed by atoms with Crippen molar-refractivity contribution in [3.8, 4) is 5.69 Å². The largest absolute Gasteiger partial charge is 0.323 e. The number of carbonyl (C=O) groups is 1. The van der Waals surface area contributed by atoms with Crippen LogP contribution in [-0.4, -0.2) is 33.2 Å². The highest BCUT2D eigenvalue weighted by Gasteiger charge is 2.37. The first-order valence-corrected chi connectivity index (χ1v) is 11.4. The third-order valence-corrected chi connectivity index (χ3v) is 6.67. The number of rotatable bonds is 7. The van der Waals surface area contributed by atoms with E-state index in [1.807, 2.05) is 48.9 Å². The number of benzene rings is 2. The molecular weight excluding hydrogens is 384 g/mol. The second kappa shape index (κ2) is 8.31. The fourth-order valence-corrected chi connectivity index (χ4v) is 4.95. The molecule has 0 radical (unpaired) electrons. The Bertz CT molecular complexity index is 1080. The van der Waals surface area contributed by atoms with Gasteiger partial charge in [-0.2, -0.15) is 5.10 Å². The van der Waals surface area contributed by atoms with Crippen molar-refractivity contribution in [1.29, 1.82) is 0 Å². The number of aryl methyl sites for hydroxylation is 2. The summed E-state index contributed by atoms with van der Waals surface area (Å²) in [6.45, 7) is 4.77. The highest BCUT2D eigenvalue weighted by Crippen LogP contribution is 2.41. The van der Waals surface area contributed by atoms with Crippen LogP contribution in [-0.2, 0) is 11.2 Å². The number of hydrogen-bond donors (Lipinski definition) is 1. The molecule has 1 heterocycles. The van der Waals surface area contributed by atoms with Crippen molar-refractivity contribution in [3.63, 3.8) is 0 Å². The average molecular weight is 415 g/mol. The normalized spacial score (nSPS) is 17.7. The zero-order chi connectivity index (χ0) is 21.4. The van der Waals surface area contributed by atoms with Gasteiger partial charge in [-0.05, 0) is 62.8 Å². The lowest BCUT2D eigenvalue weighted by atomic mass is 10.1. The number of anilines is 1. The molecule has 1 N–H and O–H groups in total. The molecule has 1 saturated carbocycles. The summed E-state index contributed by atoms with van der Waals surface area (Å²) in [6.07, 6.45) is 5.32. The van der Waals surface area contributed by atoms with Crippen LogP contribution >= 0.6 is 0 Å². The fourth-order valence-electron chi connectivity index (χ4n) is 4.95. The summed E-state index contributed by atoms with van der Waals surface area (Å²) in [5.74, 6) is 0.0655. The number of fused-ring (bicyclic) bond motifs is 1. The summed E-state index contributed by atoms with van der Waals surface area (Å²) >= 11 is 0. The summed E-state index contributed by atoms with van der Waals surface area (Å²) in [7, 11) is 0. The van der Waals surface area contributed by atoms with Gasteiger partial charge in [-0.3, -0.25) is 9.69 Å². The highest BCUT2D eigenvalue weighted by atomic mass is 16.1. The minimum atomic E-state index is 0.0655. The van der Waals surface area contributed by atoms with Crippen molar-refractivity contribution in [2.24, 2.45) is 0 Å². The molecule has 0 bridgehead atoms. The molecule has 0 saturated heterocycles. The van der Waals surface area contributed by atoms with Crippen molar-refractivity contribution in [3.05, 3.63) is 77.1 Å². The van der Waals surface area contributed by atoms with Crippen molar-refractivity contribution in [2.45, 2.75) is 58.0 Å². The molecule has 1 unspecified atom stereocenters. The molecule has 0 aliphatic heterocycles. The van der Waals surface area contributed by atoms with Crippen LogP contribution in [0.1, 0.15) is 54.2 Å². The smallest absolute Gasteiger partial charge is 0.225 e. The Balaban J connectivity index is 1.26. The molecule has 0 spiro atoms. The maximum atomic E-state index is 12.9. The lowest BCUT2D eigenvalue weighted by molar-refractivity contribution is -0.116. The molecule has 160 valence electrons. The van der Waals surface area contributed by atoms with Crippen LogP contribution < -0.4 is 5.32 Å². The molecule has 1 amide bonds. The Kier molecular flexibility index (Phi) is 5.36. The second-order valence-corrected chi connectivity index (χ2v) is 8.81. The van der Waals surface area contributed by atoms with Gasteiger partial charge in [0, 0.05) is 25.0 Å². The van der Waals surface area contributed by atoms with E-state index in [9.17, 15) is 4.79 Å². The van der Waals surface area contributed by atoms with E-state index in [0.29, 0.717) is 18.5 Å². The van der Waals surface area contributed by atoms with Crippen LogP contribution in [0.5, 0.6) is 0 Å². The predicted molar refractivity (Wildman–Crippen MR) is 124 cm³/mol. The summed E-state index contributed by atoms with van der Waals surface area (Å²) in [5, 5.41) is 7.79. The predicted octanol–water partition coefficient (Wildman–Crippen LogP) is 4.97. The van der Waals surface area contributed by atoms with E-state index in [1.165, 1.54) is 30.4 Å². The van der Waals surface area contributed by atoms with E-state index in [2.05, 4.69) is 39.6 Å². The molecule has 2 aromatic carbocycles. The summed E-state index contributed by atoms with van der Waals surface area (Å²) in [6, 6.07) is 19.9. The lowest BCUT2D eigenvalue weighted by Gasteiger charge is -2.29. The van der Waals surface area contributed by atoms with Gasteiger partial charge < -0.3 is 5.32 Å². The Labute approximate surface area is 184 Å². The highest BCUT2D eigenvalue weighted by molar-refractivity contribution is 5.92. The molecule has 5 rings (SSSR count). The van der Waals surface area contributed by atoms with E-state index >= 15 is 0 Å². The van der Waals surface area contributed by atoms with Crippen LogP contribution in [0.4, 0.5) is 5.69 Å². The van der Waals surface area contributed by atoms with Gasteiger partial charge in [0.15, 0.2) is 0 Å². The number of carbonyl (C=O) groups excluding carboxylic acids is 1. The lowest BCUT2D eigenvalue weighted by Crippen LogP contribution is -2.33. The summed E-state index contributed by atoms with van der Waals surface area (Å²) < 4.78 is 1.90. The number of para-hydroxylation sites is 1. The van der Waals surface area contributed by atoms with Gasteiger partial charge in [0.25, 0.3) is 0 Å². The molecule has 2 aliphatic carbocycles. The van der Waals surface area contributed by atoms with E-state index in [1.54, 1.807) is 0 Å². The fraction of sp³-hybridized carbons (Fsp3) is 0.385. The number of hydrogen-bond acceptors (Lipinski definition) is 3. The monoisotopic (exact) mass is 414 g/mol.